The van der Waals surface area contributed by atoms with Gasteiger partial charge in [0.05, 0.1) is 6.54 Å². The van der Waals surface area contributed by atoms with Gasteiger partial charge in [-0.1, -0.05) is 5.16 Å². The SMILES string of the molecule is Cc1nc(CNC(=O)N2CCSCC2C(=O)O)no1. The molecule has 0 spiro atoms. The first-order valence-corrected chi connectivity index (χ1v) is 6.87. The minimum atomic E-state index is -0.988. The zero-order valence-electron chi connectivity index (χ0n) is 10.3. The van der Waals surface area contributed by atoms with E-state index in [2.05, 4.69) is 15.5 Å². The van der Waals surface area contributed by atoms with E-state index in [0.29, 0.717) is 24.0 Å². The lowest BCUT2D eigenvalue weighted by Gasteiger charge is -2.32. The van der Waals surface area contributed by atoms with Crippen LogP contribution in [0.25, 0.3) is 0 Å². The summed E-state index contributed by atoms with van der Waals surface area (Å²) < 4.78 is 4.78. The molecule has 0 aliphatic carbocycles. The second-order valence-electron chi connectivity index (χ2n) is 4.01. The zero-order valence-corrected chi connectivity index (χ0v) is 11.1. The van der Waals surface area contributed by atoms with Gasteiger partial charge in [-0.25, -0.2) is 9.59 Å². The Morgan fingerprint density at radius 2 is 2.42 bits per heavy atom. The van der Waals surface area contributed by atoms with E-state index in [9.17, 15) is 9.59 Å². The van der Waals surface area contributed by atoms with Crippen molar-refractivity contribution in [2.24, 2.45) is 0 Å². The average Bonchev–Trinajstić information content (AvgIpc) is 2.81. The molecule has 2 heterocycles. The molecule has 1 unspecified atom stereocenters. The number of nitrogens with zero attached hydrogens (tertiary/aromatic N) is 3. The van der Waals surface area contributed by atoms with Gasteiger partial charge in [-0.2, -0.15) is 16.7 Å². The fourth-order valence-corrected chi connectivity index (χ4v) is 2.76. The fourth-order valence-electron chi connectivity index (χ4n) is 1.72. The van der Waals surface area contributed by atoms with Crippen molar-refractivity contribution in [3.63, 3.8) is 0 Å². The number of carbonyl (C=O) groups is 2. The number of aromatic nitrogens is 2. The Hall–Kier alpha value is -1.77. The number of carboxylic acid groups (broad SMARTS) is 1. The van der Waals surface area contributed by atoms with Gasteiger partial charge >= 0.3 is 12.0 Å². The molecule has 0 saturated carbocycles. The van der Waals surface area contributed by atoms with Crippen LogP contribution in [-0.2, 0) is 11.3 Å². The Bertz CT molecular complexity index is 478. The summed E-state index contributed by atoms with van der Waals surface area (Å²) in [4.78, 5) is 28.3. The molecule has 1 atom stereocenters. The number of rotatable bonds is 3. The van der Waals surface area contributed by atoms with Crippen molar-refractivity contribution >= 4 is 23.8 Å². The van der Waals surface area contributed by atoms with Gasteiger partial charge in [-0.05, 0) is 0 Å². The molecule has 1 fully saturated rings. The Balaban J connectivity index is 1.92. The van der Waals surface area contributed by atoms with Crippen molar-refractivity contribution < 1.29 is 19.2 Å². The minimum absolute atomic E-state index is 0.117. The lowest BCUT2D eigenvalue weighted by atomic mass is 10.3. The predicted molar refractivity (Wildman–Crippen MR) is 66.7 cm³/mol. The van der Waals surface area contributed by atoms with Crippen LogP contribution in [0.1, 0.15) is 11.7 Å². The van der Waals surface area contributed by atoms with Gasteiger partial charge in [0.15, 0.2) is 5.82 Å². The van der Waals surface area contributed by atoms with Gasteiger partial charge < -0.3 is 19.8 Å². The Morgan fingerprint density at radius 3 is 3.05 bits per heavy atom. The molecule has 9 heteroatoms. The number of hydrogen-bond donors (Lipinski definition) is 2. The van der Waals surface area contributed by atoms with Crippen LogP contribution in [0.15, 0.2) is 4.52 Å². The number of carboxylic acids is 1. The third-order valence-corrected chi connectivity index (χ3v) is 3.66. The van der Waals surface area contributed by atoms with Crippen LogP contribution in [0.2, 0.25) is 0 Å². The summed E-state index contributed by atoms with van der Waals surface area (Å²) >= 11 is 1.53. The number of aryl methyl sites for hydroxylation is 1. The van der Waals surface area contributed by atoms with Crippen molar-refractivity contribution in [3.8, 4) is 0 Å². The van der Waals surface area contributed by atoms with E-state index < -0.39 is 18.0 Å². The van der Waals surface area contributed by atoms with Crippen LogP contribution < -0.4 is 5.32 Å². The summed E-state index contributed by atoms with van der Waals surface area (Å²) in [5.41, 5.74) is 0. The van der Waals surface area contributed by atoms with Crippen LogP contribution in [0.3, 0.4) is 0 Å². The van der Waals surface area contributed by atoms with Crippen LogP contribution >= 0.6 is 11.8 Å². The molecular formula is C10H14N4O4S. The van der Waals surface area contributed by atoms with Gasteiger partial charge in [0.1, 0.15) is 6.04 Å². The Labute approximate surface area is 113 Å². The summed E-state index contributed by atoms with van der Waals surface area (Å²) in [5, 5.41) is 15.3. The first kappa shape index (κ1) is 13.7. The third kappa shape index (κ3) is 3.37. The van der Waals surface area contributed by atoms with E-state index >= 15 is 0 Å². The molecule has 1 aromatic rings. The van der Waals surface area contributed by atoms with Crippen LogP contribution in [0.5, 0.6) is 0 Å². The molecule has 1 aromatic heterocycles. The summed E-state index contributed by atoms with van der Waals surface area (Å²) in [6.07, 6.45) is 0. The van der Waals surface area contributed by atoms with Gasteiger partial charge in [-0.3, -0.25) is 0 Å². The summed E-state index contributed by atoms with van der Waals surface area (Å²) in [7, 11) is 0. The number of amides is 2. The average molecular weight is 286 g/mol. The fraction of sp³-hybridized carbons (Fsp3) is 0.600. The van der Waals surface area contributed by atoms with E-state index in [4.69, 9.17) is 9.63 Å². The molecule has 1 aliphatic heterocycles. The van der Waals surface area contributed by atoms with Crippen molar-refractivity contribution in [1.29, 1.82) is 0 Å². The van der Waals surface area contributed by atoms with E-state index in [1.807, 2.05) is 0 Å². The minimum Gasteiger partial charge on any atom is -0.480 e. The Kier molecular flexibility index (Phi) is 4.25. The normalized spacial score (nSPS) is 19.2. The smallest absolute Gasteiger partial charge is 0.327 e. The number of thioether (sulfide) groups is 1. The molecule has 0 bridgehead atoms. The summed E-state index contributed by atoms with van der Waals surface area (Å²) in [6, 6.07) is -1.21. The predicted octanol–water partition coefficient (Wildman–Crippen LogP) is 0.0896. The van der Waals surface area contributed by atoms with Crippen molar-refractivity contribution in [2.75, 3.05) is 18.1 Å². The van der Waals surface area contributed by atoms with Crippen molar-refractivity contribution in [3.05, 3.63) is 11.7 Å². The molecule has 0 radical (unpaired) electrons. The van der Waals surface area contributed by atoms with Gasteiger partial charge in [0.25, 0.3) is 0 Å². The first-order chi connectivity index (χ1) is 9.08. The lowest BCUT2D eigenvalue weighted by Crippen LogP contribution is -2.53. The second-order valence-corrected chi connectivity index (χ2v) is 5.16. The van der Waals surface area contributed by atoms with E-state index in [1.54, 1.807) is 6.92 Å². The maximum absolute atomic E-state index is 11.9. The number of hydrogen-bond acceptors (Lipinski definition) is 6. The van der Waals surface area contributed by atoms with E-state index in [1.165, 1.54) is 16.7 Å². The van der Waals surface area contributed by atoms with E-state index in [0.717, 1.165) is 5.75 Å². The quantitative estimate of drug-likeness (QED) is 0.810. The summed E-state index contributed by atoms with van der Waals surface area (Å²) in [5.74, 6) is 0.937. The monoisotopic (exact) mass is 286 g/mol. The molecule has 104 valence electrons. The largest absolute Gasteiger partial charge is 0.480 e. The maximum Gasteiger partial charge on any atom is 0.327 e. The standard InChI is InChI=1S/C10H14N4O4S/c1-6-12-8(13-18-6)4-11-10(17)14-2-3-19-5-7(14)9(15)16/h7H,2-5H2,1H3,(H,11,17)(H,15,16). The molecule has 2 N–H and O–H groups in total. The molecule has 2 rings (SSSR count). The van der Waals surface area contributed by atoms with Crippen molar-refractivity contribution in [2.45, 2.75) is 19.5 Å². The van der Waals surface area contributed by atoms with Crippen LogP contribution in [-0.4, -0.2) is 56.2 Å². The number of urea groups is 1. The van der Waals surface area contributed by atoms with E-state index in [-0.39, 0.29) is 6.54 Å². The topological polar surface area (TPSA) is 109 Å². The zero-order chi connectivity index (χ0) is 13.8. The van der Waals surface area contributed by atoms with Gasteiger partial charge in [-0.15, -0.1) is 0 Å². The lowest BCUT2D eigenvalue weighted by molar-refractivity contribution is -0.141. The molecule has 8 nitrogen and oxygen atoms in total. The number of carbonyl (C=O) groups excluding carboxylic acids is 1. The second kappa shape index (κ2) is 5.91. The number of nitrogens with one attached hydrogen (secondary N) is 1. The third-order valence-electron chi connectivity index (χ3n) is 2.64. The van der Waals surface area contributed by atoms with Crippen LogP contribution in [0, 0.1) is 6.92 Å². The van der Waals surface area contributed by atoms with Gasteiger partial charge in [0.2, 0.25) is 5.89 Å². The summed E-state index contributed by atoms with van der Waals surface area (Å²) in [6.45, 7) is 2.19. The highest BCUT2D eigenvalue weighted by atomic mass is 32.2. The highest BCUT2D eigenvalue weighted by molar-refractivity contribution is 7.99. The van der Waals surface area contributed by atoms with Gasteiger partial charge in [0, 0.05) is 25.0 Å². The van der Waals surface area contributed by atoms with Crippen molar-refractivity contribution in [1.82, 2.24) is 20.4 Å². The Morgan fingerprint density at radius 1 is 1.63 bits per heavy atom. The highest BCUT2D eigenvalue weighted by Crippen LogP contribution is 2.16. The molecule has 0 aromatic carbocycles. The molecule has 1 saturated heterocycles. The molecular weight excluding hydrogens is 272 g/mol. The van der Waals surface area contributed by atoms with Crippen LogP contribution in [0.4, 0.5) is 4.79 Å². The molecule has 19 heavy (non-hydrogen) atoms. The molecule has 2 amide bonds. The maximum atomic E-state index is 11.9. The number of aliphatic carboxylic acids is 1. The molecule has 1 aliphatic rings. The first-order valence-electron chi connectivity index (χ1n) is 5.72. The highest BCUT2D eigenvalue weighted by Gasteiger charge is 2.32.